The van der Waals surface area contributed by atoms with Gasteiger partial charge in [-0.15, -0.1) is 0 Å². The topological polar surface area (TPSA) is 151 Å². The molecule has 8 rings (SSSR count). The molecule has 2 aliphatic carbocycles. The fraction of sp³-hybridized carbons (Fsp3) is 0.440. The van der Waals surface area contributed by atoms with Gasteiger partial charge in [-0.1, -0.05) is 12.1 Å². The van der Waals surface area contributed by atoms with E-state index in [-0.39, 0.29) is 24.1 Å². The minimum Gasteiger partial charge on any atom is -0.493 e. The lowest BCUT2D eigenvalue weighted by Crippen LogP contribution is -2.29. The summed E-state index contributed by atoms with van der Waals surface area (Å²) in [5, 5.41) is 0. The number of ether oxygens (including phenoxy) is 6. The number of carbonyl (C=O) groups excluding carboxylic acids is 3. The minimum atomic E-state index is -0.231. The molecule has 4 aliphatic rings. The highest BCUT2D eigenvalue weighted by Crippen LogP contribution is 2.37. The monoisotopic (exact) mass is 862 g/mol. The largest absolute Gasteiger partial charge is 0.493 e. The highest BCUT2D eigenvalue weighted by molar-refractivity contribution is 5.67. The summed E-state index contributed by atoms with van der Waals surface area (Å²) >= 11 is 0. The number of anilines is 1. The zero-order valence-corrected chi connectivity index (χ0v) is 37.6. The maximum Gasteiger partial charge on any atom is 0.303 e. The van der Waals surface area contributed by atoms with Gasteiger partial charge in [0.1, 0.15) is 12.2 Å². The molecule has 13 nitrogen and oxygen atoms in total. The molecule has 4 aromatic rings. The van der Waals surface area contributed by atoms with Crippen LogP contribution in [0, 0.1) is 0 Å². The number of benzene rings is 4. The summed E-state index contributed by atoms with van der Waals surface area (Å²) < 4.78 is 32.3. The molecule has 0 fully saturated rings. The molecule has 0 bridgehead atoms. The van der Waals surface area contributed by atoms with Gasteiger partial charge in [0.15, 0.2) is 23.0 Å². The van der Waals surface area contributed by atoms with Crippen LogP contribution in [0.15, 0.2) is 65.7 Å². The Labute approximate surface area is 371 Å². The second-order valence-corrected chi connectivity index (χ2v) is 16.3. The minimum absolute atomic E-state index is 0.113. The van der Waals surface area contributed by atoms with Gasteiger partial charge in [-0.3, -0.25) is 14.4 Å². The summed E-state index contributed by atoms with van der Waals surface area (Å²) in [6.45, 7) is 6.03. The maximum atomic E-state index is 11.6. The van der Waals surface area contributed by atoms with E-state index in [2.05, 4.69) is 35.2 Å². The number of aliphatic imine (C=N–C) groups is 1. The molecule has 0 aromatic heterocycles. The molecule has 0 saturated heterocycles. The van der Waals surface area contributed by atoms with Crippen molar-refractivity contribution in [1.82, 2.24) is 9.80 Å². The van der Waals surface area contributed by atoms with Crippen molar-refractivity contribution in [3.8, 4) is 23.0 Å². The van der Waals surface area contributed by atoms with E-state index in [9.17, 15) is 14.4 Å². The number of nitrogens with two attached hydrogens (primary N) is 1. The van der Waals surface area contributed by atoms with Crippen molar-refractivity contribution >= 4 is 36.1 Å². The Morgan fingerprint density at radius 1 is 0.587 bits per heavy atom. The lowest BCUT2D eigenvalue weighted by Gasteiger charge is -2.27. The second kappa shape index (κ2) is 22.2. The fourth-order valence-corrected chi connectivity index (χ4v) is 8.72. The second-order valence-electron chi connectivity index (χ2n) is 16.3. The Hall–Kier alpha value is -6.24. The number of carbonyl (C=O) groups is 3. The van der Waals surface area contributed by atoms with E-state index in [4.69, 9.17) is 39.1 Å². The van der Waals surface area contributed by atoms with Crippen LogP contribution in [-0.4, -0.2) is 76.0 Å². The summed E-state index contributed by atoms with van der Waals surface area (Å²) in [5.74, 6) is 2.54. The van der Waals surface area contributed by atoms with Crippen molar-refractivity contribution in [2.45, 2.75) is 103 Å². The SMILES string of the molecule is CC(=O)OC1CCCCc2ccc(N)cc21.COc1cc2c(cc1OC)CN(C=Nc1ccc3c(c1)C(OC(C)=O)CCCC3)CC2.COc1cc2c(cc1OC)CN(C=O)CC2. The zero-order valence-electron chi connectivity index (χ0n) is 37.6. The van der Waals surface area contributed by atoms with Gasteiger partial charge in [0.2, 0.25) is 6.41 Å². The number of amides is 1. The predicted octanol–water partition coefficient (Wildman–Crippen LogP) is 8.57. The first-order chi connectivity index (χ1) is 30.5. The molecular formula is C50H62N4O9. The summed E-state index contributed by atoms with van der Waals surface area (Å²) in [5.41, 5.74) is 17.0. The van der Waals surface area contributed by atoms with Gasteiger partial charge in [0.05, 0.1) is 40.5 Å². The van der Waals surface area contributed by atoms with E-state index in [0.717, 1.165) is 136 Å². The van der Waals surface area contributed by atoms with Crippen molar-refractivity contribution in [3.05, 3.63) is 105 Å². The van der Waals surface area contributed by atoms with E-state index in [1.165, 1.54) is 41.7 Å². The van der Waals surface area contributed by atoms with Crippen LogP contribution < -0.4 is 24.7 Å². The standard InChI is InChI=1S/C25H30N2O4.C13H17NO2.C12H15NO3/c1-17(28)31-23-7-5-4-6-18-8-9-21(14-22(18)23)26-16-27-11-10-19-12-24(29-2)25(30-3)13-20(19)15-27;1-9(15)16-13-5-3-2-4-10-6-7-11(14)8-12(10)13;1-15-11-5-9-3-4-13(8-14)7-10(9)6-12(11)16-2/h8-9,12-14,16,23H,4-7,10-11,15H2,1-3H3;6-8,13H,2-5,14H2,1H3;5-6,8H,3-4,7H2,1-2H3. The number of nitrogens with zero attached hydrogens (tertiary/aromatic N) is 3. The average Bonchev–Trinajstić information content (AvgIpc) is 3.61. The molecule has 1 amide bonds. The first-order valence-electron chi connectivity index (χ1n) is 21.8. The number of methoxy groups -OCH3 is 4. The van der Waals surface area contributed by atoms with E-state index in [1.807, 2.05) is 36.7 Å². The van der Waals surface area contributed by atoms with E-state index >= 15 is 0 Å². The van der Waals surface area contributed by atoms with Crippen molar-refractivity contribution in [2.75, 3.05) is 47.3 Å². The van der Waals surface area contributed by atoms with E-state index < -0.39 is 0 Å². The molecule has 336 valence electrons. The van der Waals surface area contributed by atoms with Gasteiger partial charge in [0, 0.05) is 45.7 Å². The fourth-order valence-electron chi connectivity index (χ4n) is 8.72. The Morgan fingerprint density at radius 2 is 1.05 bits per heavy atom. The number of nitrogen functional groups attached to an aromatic ring is 1. The highest BCUT2D eigenvalue weighted by Gasteiger charge is 2.24. The maximum absolute atomic E-state index is 11.6. The highest BCUT2D eigenvalue weighted by atomic mass is 16.5. The Balaban J connectivity index is 0.000000173. The van der Waals surface area contributed by atoms with Crippen LogP contribution in [0.3, 0.4) is 0 Å². The molecule has 13 heteroatoms. The summed E-state index contributed by atoms with van der Waals surface area (Å²) in [6, 6.07) is 20.2. The van der Waals surface area contributed by atoms with Crippen LogP contribution in [0.2, 0.25) is 0 Å². The van der Waals surface area contributed by atoms with Crippen molar-refractivity contribution in [3.63, 3.8) is 0 Å². The molecule has 2 heterocycles. The van der Waals surface area contributed by atoms with Crippen LogP contribution in [0.25, 0.3) is 0 Å². The predicted molar refractivity (Wildman–Crippen MR) is 243 cm³/mol. The average molecular weight is 863 g/mol. The van der Waals surface area contributed by atoms with Crippen LogP contribution in [0.1, 0.15) is 109 Å². The third-order valence-corrected chi connectivity index (χ3v) is 11.9. The van der Waals surface area contributed by atoms with Crippen molar-refractivity contribution in [1.29, 1.82) is 0 Å². The Kier molecular flexibility index (Phi) is 16.3. The smallest absolute Gasteiger partial charge is 0.303 e. The normalized spacial score (nSPS) is 17.6. The first kappa shape index (κ1) is 46.3. The number of hydrogen-bond donors (Lipinski definition) is 1. The van der Waals surface area contributed by atoms with Crippen molar-refractivity contribution < 1.29 is 42.8 Å². The van der Waals surface area contributed by atoms with E-state index in [0.29, 0.717) is 12.3 Å². The lowest BCUT2D eigenvalue weighted by molar-refractivity contribution is -0.148. The summed E-state index contributed by atoms with van der Waals surface area (Å²) in [7, 11) is 6.57. The first-order valence-corrected chi connectivity index (χ1v) is 21.8. The Bertz CT molecular complexity index is 2260. The summed E-state index contributed by atoms with van der Waals surface area (Å²) in [4.78, 5) is 42.1. The number of esters is 2. The Morgan fingerprint density at radius 3 is 1.54 bits per heavy atom. The number of rotatable bonds is 9. The lowest BCUT2D eigenvalue weighted by atomic mass is 9.99. The molecule has 63 heavy (non-hydrogen) atoms. The van der Waals surface area contributed by atoms with Gasteiger partial charge < -0.3 is 44.0 Å². The number of hydrogen-bond acceptors (Lipinski definition) is 11. The van der Waals surface area contributed by atoms with Crippen LogP contribution in [-0.2, 0) is 62.6 Å². The quantitative estimate of drug-likeness (QED) is 0.0430. The molecule has 0 spiro atoms. The molecule has 0 saturated carbocycles. The van der Waals surface area contributed by atoms with Gasteiger partial charge in [0.25, 0.3) is 0 Å². The molecule has 2 unspecified atom stereocenters. The third-order valence-electron chi connectivity index (χ3n) is 11.9. The van der Waals surface area contributed by atoms with Crippen LogP contribution in [0.4, 0.5) is 11.4 Å². The molecule has 0 radical (unpaired) electrons. The van der Waals surface area contributed by atoms with E-state index in [1.54, 1.807) is 33.3 Å². The number of fused-ring (bicyclic) bond motifs is 4. The summed E-state index contributed by atoms with van der Waals surface area (Å²) in [6.07, 6.45) is 12.6. The van der Waals surface area contributed by atoms with Gasteiger partial charge >= 0.3 is 11.9 Å². The number of aryl methyl sites for hydroxylation is 2. The molecule has 2 atom stereocenters. The zero-order chi connectivity index (χ0) is 44.9. The van der Waals surface area contributed by atoms with Gasteiger partial charge in [-0.2, -0.15) is 0 Å². The molecule has 2 N–H and O–H groups in total. The van der Waals surface area contributed by atoms with Crippen LogP contribution in [0.5, 0.6) is 23.0 Å². The molecule has 2 aliphatic heterocycles. The van der Waals surface area contributed by atoms with Crippen LogP contribution >= 0.6 is 0 Å². The molecule has 4 aromatic carbocycles. The van der Waals surface area contributed by atoms with Crippen molar-refractivity contribution in [2.24, 2.45) is 4.99 Å². The third kappa shape index (κ3) is 12.2. The molecular weight excluding hydrogens is 801 g/mol. The van der Waals surface area contributed by atoms with Gasteiger partial charge in [-0.05, 0) is 157 Å². The van der Waals surface area contributed by atoms with Gasteiger partial charge in [-0.25, -0.2) is 4.99 Å².